The first kappa shape index (κ1) is 12.7. The Labute approximate surface area is 113 Å². The van der Waals surface area contributed by atoms with E-state index in [0.717, 1.165) is 29.1 Å². The quantitative estimate of drug-likeness (QED) is 0.832. The van der Waals surface area contributed by atoms with Crippen LogP contribution < -0.4 is 0 Å². The molecule has 0 unspecified atom stereocenters. The Morgan fingerprint density at radius 2 is 1.68 bits per heavy atom. The molecule has 5 heteroatoms. The van der Waals surface area contributed by atoms with Crippen LogP contribution in [-0.4, -0.2) is 23.4 Å². The minimum Gasteiger partial charge on any atom is -0.272 e. The van der Waals surface area contributed by atoms with Gasteiger partial charge in [-0.15, -0.1) is 0 Å². The number of hydrogen-bond donors (Lipinski definition) is 0. The third kappa shape index (κ3) is 1.71. The van der Waals surface area contributed by atoms with Crippen molar-refractivity contribution in [2.45, 2.75) is 43.4 Å². The Bertz CT molecular complexity index is 588. The Kier molecular flexibility index (Phi) is 2.89. The lowest BCUT2D eigenvalue weighted by Gasteiger charge is -2.49. The maximum atomic E-state index is 12.4. The maximum Gasteiger partial charge on any atom is 0.259 e. The lowest BCUT2D eigenvalue weighted by molar-refractivity contribution is -0.134. The van der Waals surface area contributed by atoms with Crippen LogP contribution in [0.2, 0.25) is 0 Å². The van der Waals surface area contributed by atoms with E-state index in [0.29, 0.717) is 12.8 Å². The SMILES string of the molecule is O=C1N(Cc2ccccc2)S(=O)(=O)C12CCCCC2. The van der Waals surface area contributed by atoms with Crippen molar-refractivity contribution >= 4 is 15.9 Å². The van der Waals surface area contributed by atoms with Gasteiger partial charge in [0.05, 0.1) is 6.54 Å². The van der Waals surface area contributed by atoms with Gasteiger partial charge in [-0.05, 0) is 18.4 Å². The second-order valence-corrected chi connectivity index (χ2v) is 7.53. The Morgan fingerprint density at radius 3 is 2.26 bits per heavy atom. The molecule has 0 atom stereocenters. The van der Waals surface area contributed by atoms with Crippen LogP contribution >= 0.6 is 0 Å². The molecule has 2 aliphatic rings. The molecule has 1 saturated carbocycles. The van der Waals surface area contributed by atoms with Gasteiger partial charge in [-0.2, -0.15) is 0 Å². The van der Waals surface area contributed by atoms with Crippen molar-refractivity contribution in [1.82, 2.24) is 4.31 Å². The summed E-state index contributed by atoms with van der Waals surface area (Å²) in [7, 11) is -3.45. The zero-order valence-electron chi connectivity index (χ0n) is 10.7. The van der Waals surface area contributed by atoms with Crippen molar-refractivity contribution in [3.8, 4) is 0 Å². The molecule has 0 N–H and O–H groups in total. The molecule has 1 aliphatic heterocycles. The zero-order chi connectivity index (χ0) is 13.5. The molecule has 19 heavy (non-hydrogen) atoms. The van der Waals surface area contributed by atoms with Crippen molar-refractivity contribution in [2.24, 2.45) is 0 Å². The molecule has 1 amide bonds. The van der Waals surface area contributed by atoms with Crippen molar-refractivity contribution in [3.05, 3.63) is 35.9 Å². The number of amides is 1. The molecule has 1 heterocycles. The molecule has 2 fully saturated rings. The predicted octanol–water partition coefficient (Wildman–Crippen LogP) is 2.06. The van der Waals surface area contributed by atoms with E-state index in [2.05, 4.69) is 0 Å². The Balaban J connectivity index is 1.85. The summed E-state index contributed by atoms with van der Waals surface area (Å²) in [5, 5.41) is 0. The van der Waals surface area contributed by atoms with E-state index in [4.69, 9.17) is 0 Å². The first-order valence-corrected chi connectivity index (χ1v) is 8.13. The van der Waals surface area contributed by atoms with Gasteiger partial charge in [0.15, 0.2) is 4.75 Å². The smallest absolute Gasteiger partial charge is 0.259 e. The standard InChI is InChI=1S/C14H17NO3S/c16-13-14(9-5-2-6-10-14)19(17,18)15(13)11-12-7-3-1-4-8-12/h1,3-4,7-8H,2,5-6,9-11H2. The fourth-order valence-electron chi connectivity index (χ4n) is 3.12. The van der Waals surface area contributed by atoms with E-state index in [9.17, 15) is 13.2 Å². The molecule has 0 radical (unpaired) electrons. The molecule has 0 bridgehead atoms. The van der Waals surface area contributed by atoms with E-state index in [1.807, 2.05) is 30.3 Å². The third-order valence-electron chi connectivity index (χ3n) is 4.23. The monoisotopic (exact) mass is 279 g/mol. The van der Waals surface area contributed by atoms with Crippen LogP contribution in [0.3, 0.4) is 0 Å². The van der Waals surface area contributed by atoms with E-state index < -0.39 is 14.8 Å². The zero-order valence-corrected chi connectivity index (χ0v) is 11.5. The van der Waals surface area contributed by atoms with E-state index in [1.165, 1.54) is 0 Å². The second kappa shape index (κ2) is 4.34. The summed E-state index contributed by atoms with van der Waals surface area (Å²) in [5.41, 5.74) is 0.852. The van der Waals surface area contributed by atoms with Gasteiger partial charge in [-0.1, -0.05) is 49.6 Å². The van der Waals surface area contributed by atoms with Crippen LogP contribution in [0.25, 0.3) is 0 Å². The number of benzene rings is 1. The highest BCUT2D eigenvalue weighted by atomic mass is 32.2. The first-order chi connectivity index (χ1) is 9.08. The van der Waals surface area contributed by atoms with Crippen LogP contribution in [0, 0.1) is 0 Å². The molecule has 1 spiro atoms. The minimum absolute atomic E-state index is 0.170. The summed E-state index contributed by atoms with van der Waals surface area (Å²) in [6.45, 7) is 0.170. The fourth-order valence-corrected chi connectivity index (χ4v) is 5.26. The molecule has 3 rings (SSSR count). The van der Waals surface area contributed by atoms with Crippen molar-refractivity contribution in [3.63, 3.8) is 0 Å². The molecule has 102 valence electrons. The van der Waals surface area contributed by atoms with E-state index in [1.54, 1.807) is 0 Å². The van der Waals surface area contributed by atoms with E-state index >= 15 is 0 Å². The maximum absolute atomic E-state index is 12.4. The number of nitrogens with zero attached hydrogens (tertiary/aromatic N) is 1. The van der Waals surface area contributed by atoms with Gasteiger partial charge < -0.3 is 0 Å². The van der Waals surface area contributed by atoms with E-state index in [-0.39, 0.29) is 12.5 Å². The van der Waals surface area contributed by atoms with Gasteiger partial charge in [-0.3, -0.25) is 4.79 Å². The largest absolute Gasteiger partial charge is 0.272 e. The Morgan fingerprint density at radius 1 is 1.05 bits per heavy atom. The summed E-state index contributed by atoms with van der Waals surface area (Å²) in [6, 6.07) is 9.26. The summed E-state index contributed by atoms with van der Waals surface area (Å²) in [6.07, 6.45) is 3.70. The minimum atomic E-state index is -3.45. The molecular weight excluding hydrogens is 262 g/mol. The molecule has 1 aliphatic carbocycles. The molecular formula is C14H17NO3S. The highest BCUT2D eigenvalue weighted by Crippen LogP contribution is 2.46. The summed E-state index contributed by atoms with van der Waals surface area (Å²) in [5.74, 6) is -0.198. The van der Waals surface area contributed by atoms with Crippen LogP contribution in [0.5, 0.6) is 0 Å². The number of carbonyl (C=O) groups excluding carboxylic acids is 1. The normalized spacial score (nSPS) is 24.2. The molecule has 4 nitrogen and oxygen atoms in total. The van der Waals surface area contributed by atoms with Crippen LogP contribution in [0.4, 0.5) is 0 Å². The summed E-state index contributed by atoms with van der Waals surface area (Å²) in [4.78, 5) is 12.3. The Hall–Kier alpha value is -1.36. The number of rotatable bonds is 2. The lowest BCUT2D eigenvalue weighted by Crippen LogP contribution is -2.70. The van der Waals surface area contributed by atoms with Gasteiger partial charge in [0.1, 0.15) is 0 Å². The number of hydrogen-bond acceptors (Lipinski definition) is 3. The van der Waals surface area contributed by atoms with Crippen LogP contribution in [0.1, 0.15) is 37.7 Å². The topological polar surface area (TPSA) is 54.5 Å². The van der Waals surface area contributed by atoms with Gasteiger partial charge >= 0.3 is 0 Å². The second-order valence-electron chi connectivity index (χ2n) is 5.36. The van der Waals surface area contributed by atoms with Crippen molar-refractivity contribution in [1.29, 1.82) is 0 Å². The number of sulfonamides is 1. The third-order valence-corrected chi connectivity index (χ3v) is 6.68. The summed E-state index contributed by atoms with van der Waals surface area (Å²) >= 11 is 0. The molecule has 1 saturated heterocycles. The van der Waals surface area contributed by atoms with Crippen LogP contribution in [-0.2, 0) is 21.4 Å². The van der Waals surface area contributed by atoms with Gasteiger partial charge in [0.25, 0.3) is 15.9 Å². The predicted molar refractivity (Wildman–Crippen MR) is 71.7 cm³/mol. The van der Waals surface area contributed by atoms with Crippen LogP contribution in [0.15, 0.2) is 30.3 Å². The summed E-state index contributed by atoms with van der Waals surface area (Å²) < 4.78 is 24.9. The average Bonchev–Trinajstić information content (AvgIpc) is 2.46. The molecule has 0 aromatic heterocycles. The van der Waals surface area contributed by atoms with Gasteiger partial charge in [-0.25, -0.2) is 12.7 Å². The fraction of sp³-hybridized carbons (Fsp3) is 0.500. The van der Waals surface area contributed by atoms with Gasteiger partial charge in [0, 0.05) is 0 Å². The highest BCUT2D eigenvalue weighted by Gasteiger charge is 2.65. The first-order valence-electron chi connectivity index (χ1n) is 6.69. The highest BCUT2D eigenvalue weighted by molar-refractivity contribution is 7.94. The van der Waals surface area contributed by atoms with Gasteiger partial charge in [0.2, 0.25) is 0 Å². The lowest BCUT2D eigenvalue weighted by atomic mass is 9.87. The molecule has 1 aromatic rings. The van der Waals surface area contributed by atoms with Crippen molar-refractivity contribution in [2.75, 3.05) is 0 Å². The average molecular weight is 279 g/mol. The van der Waals surface area contributed by atoms with Crippen molar-refractivity contribution < 1.29 is 13.2 Å². The molecule has 1 aromatic carbocycles. The number of carbonyl (C=O) groups is 1.